The number of piperidine rings is 1. The number of ether oxygens (including phenoxy) is 1. The zero-order valence-electron chi connectivity index (χ0n) is 20.7. The van der Waals surface area contributed by atoms with Crippen LogP contribution in [-0.2, 0) is 14.4 Å². The molecule has 0 spiro atoms. The highest BCUT2D eigenvalue weighted by atomic mass is 16.5. The molecule has 35 heavy (non-hydrogen) atoms. The van der Waals surface area contributed by atoms with Crippen molar-refractivity contribution in [1.82, 2.24) is 15.8 Å². The number of nitrogens with zero attached hydrogens (tertiary/aromatic N) is 1. The summed E-state index contributed by atoms with van der Waals surface area (Å²) in [6.07, 6.45) is 0.227. The molecule has 0 aliphatic carbocycles. The molecule has 1 aliphatic heterocycles. The lowest BCUT2D eigenvalue weighted by Crippen LogP contribution is -2.51. The minimum Gasteiger partial charge on any atom is -0.481 e. The van der Waals surface area contributed by atoms with Gasteiger partial charge in [0.15, 0.2) is 11.9 Å². The van der Waals surface area contributed by atoms with Gasteiger partial charge < -0.3 is 9.64 Å². The summed E-state index contributed by atoms with van der Waals surface area (Å²) in [5, 5.41) is 0. The minimum absolute atomic E-state index is 0.0769. The van der Waals surface area contributed by atoms with Gasteiger partial charge in [0.2, 0.25) is 11.8 Å². The minimum atomic E-state index is -0.864. The number of ketones is 1. The van der Waals surface area contributed by atoms with E-state index in [0.717, 1.165) is 0 Å². The molecule has 2 aromatic rings. The molecular weight excluding hydrogens is 446 g/mol. The second kappa shape index (κ2) is 11.2. The second-order valence-corrected chi connectivity index (χ2v) is 9.77. The van der Waals surface area contributed by atoms with Crippen molar-refractivity contribution in [2.24, 2.45) is 11.3 Å². The normalized spacial score (nSPS) is 15.1. The highest BCUT2D eigenvalue weighted by Gasteiger charge is 2.32. The predicted octanol–water partition coefficient (Wildman–Crippen LogP) is 3.12. The van der Waals surface area contributed by atoms with Gasteiger partial charge in [-0.05, 0) is 44.0 Å². The van der Waals surface area contributed by atoms with Crippen LogP contribution in [0, 0.1) is 11.3 Å². The summed E-state index contributed by atoms with van der Waals surface area (Å²) in [7, 11) is 0. The first kappa shape index (κ1) is 25.9. The first-order valence-electron chi connectivity index (χ1n) is 11.8. The van der Waals surface area contributed by atoms with Gasteiger partial charge in [0.05, 0.1) is 0 Å². The zero-order chi connectivity index (χ0) is 25.6. The third kappa shape index (κ3) is 6.91. The van der Waals surface area contributed by atoms with Gasteiger partial charge in [0, 0.05) is 35.5 Å². The molecule has 1 atom stereocenters. The van der Waals surface area contributed by atoms with Crippen LogP contribution in [0.15, 0.2) is 54.6 Å². The van der Waals surface area contributed by atoms with E-state index in [9.17, 15) is 19.2 Å². The fraction of sp³-hybridized carbons (Fsp3) is 0.407. The standard InChI is InChI=1S/C27H33N3O5/c1-18(35-22-12-10-20(11-13-22)23(31)19-8-6-5-7-9-19)24(32)28-29-25(33)21-14-16-30(17-15-21)26(34)27(2,3)4/h5-13,18,21H,14-17H2,1-4H3,(H,28,32)(H,29,33)/t18-/m0/s1. The van der Waals surface area contributed by atoms with Crippen molar-refractivity contribution >= 4 is 23.5 Å². The number of hydrogen-bond acceptors (Lipinski definition) is 5. The number of carbonyl (C=O) groups excluding carboxylic acids is 4. The lowest BCUT2D eigenvalue weighted by Gasteiger charge is -2.35. The molecular formula is C27H33N3O5. The molecule has 0 saturated carbocycles. The zero-order valence-corrected chi connectivity index (χ0v) is 20.7. The Morgan fingerprint density at radius 2 is 1.46 bits per heavy atom. The maximum atomic E-state index is 12.5. The number of rotatable bonds is 6. The Bertz CT molecular complexity index is 1050. The van der Waals surface area contributed by atoms with E-state index in [4.69, 9.17) is 4.74 Å². The smallest absolute Gasteiger partial charge is 0.279 e. The van der Waals surface area contributed by atoms with Crippen molar-refractivity contribution < 1.29 is 23.9 Å². The van der Waals surface area contributed by atoms with Crippen LogP contribution in [0.2, 0.25) is 0 Å². The first-order valence-corrected chi connectivity index (χ1v) is 11.8. The van der Waals surface area contributed by atoms with E-state index < -0.39 is 17.4 Å². The van der Waals surface area contributed by atoms with E-state index in [0.29, 0.717) is 42.8 Å². The molecule has 0 bridgehead atoms. The molecule has 0 aromatic heterocycles. The predicted molar refractivity (Wildman–Crippen MR) is 131 cm³/mol. The molecule has 1 saturated heterocycles. The van der Waals surface area contributed by atoms with Crippen LogP contribution in [0.25, 0.3) is 0 Å². The highest BCUT2D eigenvalue weighted by Crippen LogP contribution is 2.23. The monoisotopic (exact) mass is 479 g/mol. The van der Waals surface area contributed by atoms with Gasteiger partial charge in [0.25, 0.3) is 5.91 Å². The molecule has 1 aliphatic rings. The van der Waals surface area contributed by atoms with Gasteiger partial charge in [-0.15, -0.1) is 0 Å². The number of carbonyl (C=O) groups is 4. The molecule has 3 amide bonds. The van der Waals surface area contributed by atoms with E-state index in [1.165, 1.54) is 0 Å². The van der Waals surface area contributed by atoms with Gasteiger partial charge in [-0.1, -0.05) is 51.1 Å². The van der Waals surface area contributed by atoms with Crippen molar-refractivity contribution in [3.63, 3.8) is 0 Å². The van der Waals surface area contributed by atoms with Crippen LogP contribution in [0.4, 0.5) is 0 Å². The Hall–Kier alpha value is -3.68. The average molecular weight is 480 g/mol. The third-order valence-corrected chi connectivity index (χ3v) is 5.94. The summed E-state index contributed by atoms with van der Waals surface area (Å²) in [6, 6.07) is 15.5. The van der Waals surface area contributed by atoms with Crippen LogP contribution in [0.1, 0.15) is 56.5 Å². The number of likely N-dealkylation sites (tertiary alicyclic amines) is 1. The van der Waals surface area contributed by atoms with Crippen LogP contribution in [-0.4, -0.2) is 47.6 Å². The fourth-order valence-electron chi connectivity index (χ4n) is 3.84. The van der Waals surface area contributed by atoms with E-state index in [-0.39, 0.29) is 23.5 Å². The number of hydrogen-bond donors (Lipinski definition) is 2. The Balaban J connectivity index is 1.44. The van der Waals surface area contributed by atoms with Crippen molar-refractivity contribution in [2.75, 3.05) is 13.1 Å². The van der Waals surface area contributed by atoms with Crippen molar-refractivity contribution in [2.45, 2.75) is 46.6 Å². The Morgan fingerprint density at radius 1 is 0.886 bits per heavy atom. The number of hydrazine groups is 1. The molecule has 1 heterocycles. The van der Waals surface area contributed by atoms with Gasteiger partial charge in [-0.2, -0.15) is 0 Å². The Kier molecular flexibility index (Phi) is 8.27. The summed E-state index contributed by atoms with van der Waals surface area (Å²) in [6.45, 7) is 8.25. The number of amides is 3. The summed E-state index contributed by atoms with van der Waals surface area (Å²) >= 11 is 0. The van der Waals surface area contributed by atoms with E-state index in [1.807, 2.05) is 26.8 Å². The summed E-state index contributed by atoms with van der Waals surface area (Å²) in [5.41, 5.74) is 5.54. The lowest BCUT2D eigenvalue weighted by molar-refractivity contribution is -0.143. The van der Waals surface area contributed by atoms with Gasteiger partial charge in [0.1, 0.15) is 5.75 Å². The number of nitrogens with one attached hydrogen (secondary N) is 2. The lowest BCUT2D eigenvalue weighted by atomic mass is 9.91. The van der Waals surface area contributed by atoms with Crippen LogP contribution in [0.5, 0.6) is 5.75 Å². The van der Waals surface area contributed by atoms with Crippen LogP contribution >= 0.6 is 0 Å². The summed E-state index contributed by atoms with van der Waals surface area (Å²) < 4.78 is 5.65. The van der Waals surface area contributed by atoms with Crippen LogP contribution < -0.4 is 15.6 Å². The van der Waals surface area contributed by atoms with E-state index >= 15 is 0 Å². The Labute approximate surface area is 206 Å². The van der Waals surface area contributed by atoms with Crippen molar-refractivity contribution in [1.29, 1.82) is 0 Å². The fourth-order valence-corrected chi connectivity index (χ4v) is 3.84. The molecule has 3 rings (SSSR count). The molecule has 8 nitrogen and oxygen atoms in total. The maximum Gasteiger partial charge on any atom is 0.279 e. The quantitative estimate of drug-likeness (QED) is 0.489. The van der Waals surface area contributed by atoms with Crippen molar-refractivity contribution in [3.8, 4) is 5.75 Å². The van der Waals surface area contributed by atoms with Gasteiger partial charge in [-0.25, -0.2) is 0 Å². The SMILES string of the molecule is C[C@H](Oc1ccc(C(=O)c2ccccc2)cc1)C(=O)NNC(=O)C1CCN(C(=O)C(C)(C)C)CC1. The molecule has 0 unspecified atom stereocenters. The van der Waals surface area contributed by atoms with Gasteiger partial charge >= 0.3 is 0 Å². The third-order valence-electron chi connectivity index (χ3n) is 5.94. The molecule has 2 aromatic carbocycles. The Morgan fingerprint density at radius 3 is 2.03 bits per heavy atom. The van der Waals surface area contributed by atoms with Gasteiger partial charge in [-0.3, -0.25) is 30.0 Å². The van der Waals surface area contributed by atoms with Crippen LogP contribution in [0.3, 0.4) is 0 Å². The van der Waals surface area contributed by atoms with E-state index in [2.05, 4.69) is 10.9 Å². The van der Waals surface area contributed by atoms with Crippen molar-refractivity contribution in [3.05, 3.63) is 65.7 Å². The highest BCUT2D eigenvalue weighted by molar-refractivity contribution is 6.09. The summed E-state index contributed by atoms with van der Waals surface area (Å²) in [5.74, 6) is -0.641. The van der Waals surface area contributed by atoms with E-state index in [1.54, 1.807) is 60.4 Å². The molecule has 1 fully saturated rings. The molecule has 2 N–H and O–H groups in total. The average Bonchev–Trinajstić information content (AvgIpc) is 2.86. The second-order valence-electron chi connectivity index (χ2n) is 9.77. The first-order chi connectivity index (χ1) is 16.6. The number of benzene rings is 2. The molecule has 8 heteroatoms. The maximum absolute atomic E-state index is 12.5. The molecule has 0 radical (unpaired) electrons. The largest absolute Gasteiger partial charge is 0.481 e. The summed E-state index contributed by atoms with van der Waals surface area (Å²) in [4.78, 5) is 51.5. The topological polar surface area (TPSA) is 105 Å². The molecule has 186 valence electrons.